The third kappa shape index (κ3) is 5.97. The van der Waals surface area contributed by atoms with Crippen LogP contribution in [-0.2, 0) is 14.4 Å². The third-order valence-corrected chi connectivity index (χ3v) is 5.53. The molecule has 2 amide bonds. The van der Waals surface area contributed by atoms with Gasteiger partial charge in [0.15, 0.2) is 6.61 Å². The van der Waals surface area contributed by atoms with Gasteiger partial charge in [0.05, 0.1) is 6.42 Å². The molecule has 0 bridgehead atoms. The summed E-state index contributed by atoms with van der Waals surface area (Å²) in [4.78, 5) is 37.8. The molecule has 0 saturated carbocycles. The maximum absolute atomic E-state index is 12.7. The normalized spacial score (nSPS) is 17.1. The zero-order valence-corrected chi connectivity index (χ0v) is 16.8. The van der Waals surface area contributed by atoms with Crippen LogP contribution in [0.2, 0.25) is 0 Å². The molecule has 1 aliphatic rings. The van der Waals surface area contributed by atoms with Crippen LogP contribution in [0.3, 0.4) is 0 Å². The second-order valence-corrected chi connectivity index (χ2v) is 7.89. The fraction of sp³-hybridized carbons (Fsp3) is 0.571. The van der Waals surface area contributed by atoms with E-state index in [0.29, 0.717) is 31.7 Å². The first-order valence-corrected chi connectivity index (χ1v) is 9.70. The van der Waals surface area contributed by atoms with Gasteiger partial charge in [-0.1, -0.05) is 32.0 Å². The van der Waals surface area contributed by atoms with Crippen LogP contribution in [0.4, 0.5) is 0 Å². The number of nitrogens with zero attached hydrogens (tertiary/aromatic N) is 1. The van der Waals surface area contributed by atoms with Crippen molar-refractivity contribution in [3.8, 4) is 5.75 Å². The van der Waals surface area contributed by atoms with Crippen molar-refractivity contribution in [3.05, 3.63) is 30.3 Å². The Morgan fingerprint density at radius 2 is 1.82 bits per heavy atom. The van der Waals surface area contributed by atoms with Gasteiger partial charge in [-0.25, -0.2) is 0 Å². The Bertz CT molecular complexity index is 683. The Morgan fingerprint density at radius 1 is 1.21 bits per heavy atom. The lowest BCUT2D eigenvalue weighted by atomic mass is 9.84. The molecule has 0 radical (unpaired) electrons. The van der Waals surface area contributed by atoms with Crippen LogP contribution in [-0.4, -0.2) is 53.0 Å². The van der Waals surface area contributed by atoms with Crippen molar-refractivity contribution < 1.29 is 24.2 Å². The molecule has 1 saturated heterocycles. The number of ether oxygens (including phenoxy) is 1. The number of carboxylic acids is 1. The van der Waals surface area contributed by atoms with Crippen LogP contribution >= 0.6 is 0 Å². The van der Waals surface area contributed by atoms with E-state index in [0.717, 1.165) is 0 Å². The van der Waals surface area contributed by atoms with Crippen molar-refractivity contribution in [2.24, 2.45) is 11.8 Å². The van der Waals surface area contributed by atoms with Gasteiger partial charge in [0.25, 0.3) is 5.91 Å². The lowest BCUT2D eigenvalue weighted by Crippen LogP contribution is -2.54. The molecule has 28 heavy (non-hydrogen) atoms. The highest BCUT2D eigenvalue weighted by Gasteiger charge is 2.36. The average Bonchev–Trinajstić information content (AvgIpc) is 2.66. The summed E-state index contributed by atoms with van der Waals surface area (Å²) < 4.78 is 5.50. The van der Waals surface area contributed by atoms with Crippen molar-refractivity contribution in [2.45, 2.75) is 45.6 Å². The molecular formula is C21H30N2O5. The predicted octanol–water partition coefficient (Wildman–Crippen LogP) is 2.31. The molecular weight excluding hydrogens is 360 g/mol. The molecule has 7 nitrogen and oxygen atoms in total. The smallest absolute Gasteiger partial charge is 0.305 e. The Morgan fingerprint density at radius 3 is 2.36 bits per heavy atom. The van der Waals surface area contributed by atoms with E-state index in [2.05, 4.69) is 5.32 Å². The number of nitrogens with one attached hydrogen (secondary N) is 1. The van der Waals surface area contributed by atoms with Gasteiger partial charge < -0.3 is 20.1 Å². The van der Waals surface area contributed by atoms with Crippen LogP contribution in [0, 0.1) is 11.8 Å². The van der Waals surface area contributed by atoms with Crippen molar-refractivity contribution >= 4 is 17.8 Å². The van der Waals surface area contributed by atoms with Crippen LogP contribution in [0.5, 0.6) is 5.75 Å². The van der Waals surface area contributed by atoms with Crippen molar-refractivity contribution in [1.82, 2.24) is 10.2 Å². The van der Waals surface area contributed by atoms with Gasteiger partial charge in [0.2, 0.25) is 5.91 Å². The largest absolute Gasteiger partial charge is 0.484 e. The van der Waals surface area contributed by atoms with E-state index in [9.17, 15) is 14.4 Å². The van der Waals surface area contributed by atoms with Crippen molar-refractivity contribution in [1.29, 1.82) is 0 Å². The number of rotatable bonds is 8. The van der Waals surface area contributed by atoms with E-state index < -0.39 is 11.5 Å². The first-order chi connectivity index (χ1) is 13.2. The number of para-hydroxylation sites is 1. The molecule has 1 heterocycles. The van der Waals surface area contributed by atoms with Crippen molar-refractivity contribution in [2.75, 3.05) is 19.7 Å². The summed E-state index contributed by atoms with van der Waals surface area (Å²) in [6.45, 7) is 6.53. The molecule has 1 aliphatic heterocycles. The summed E-state index contributed by atoms with van der Waals surface area (Å²) in [5, 5.41) is 12.1. The Hall–Kier alpha value is -2.57. The highest BCUT2D eigenvalue weighted by molar-refractivity contribution is 5.82. The van der Waals surface area contributed by atoms with Gasteiger partial charge in [-0.2, -0.15) is 0 Å². The highest BCUT2D eigenvalue weighted by Crippen LogP contribution is 2.24. The highest BCUT2D eigenvalue weighted by atomic mass is 16.5. The van der Waals surface area contributed by atoms with Gasteiger partial charge in [0, 0.05) is 24.5 Å². The minimum Gasteiger partial charge on any atom is -0.484 e. The standard InChI is InChI=1S/C21H30N2O5/c1-15(2)21(3,13-19(25)26)22-20(27)16-9-11-23(12-10-16)18(24)14-28-17-7-5-4-6-8-17/h4-8,15-16H,9-14H2,1-3H3,(H,22,27)(H,25,26). The first-order valence-electron chi connectivity index (χ1n) is 9.70. The molecule has 1 aromatic rings. The van der Waals surface area contributed by atoms with Crippen molar-refractivity contribution in [3.63, 3.8) is 0 Å². The fourth-order valence-corrected chi connectivity index (χ4v) is 3.23. The molecule has 154 valence electrons. The molecule has 1 aromatic carbocycles. The van der Waals surface area contributed by atoms with Crippen LogP contribution in [0.25, 0.3) is 0 Å². The Kier molecular flexibility index (Phi) is 7.43. The quantitative estimate of drug-likeness (QED) is 0.710. The zero-order chi connectivity index (χ0) is 20.7. The second kappa shape index (κ2) is 9.57. The number of aliphatic carboxylic acids is 1. The maximum atomic E-state index is 12.7. The molecule has 2 N–H and O–H groups in total. The average molecular weight is 390 g/mol. The summed E-state index contributed by atoms with van der Waals surface area (Å²) in [6, 6.07) is 9.17. The summed E-state index contributed by atoms with van der Waals surface area (Å²) >= 11 is 0. The van der Waals surface area contributed by atoms with E-state index in [4.69, 9.17) is 9.84 Å². The minimum atomic E-state index is -0.935. The van der Waals surface area contributed by atoms with Gasteiger partial charge >= 0.3 is 5.97 Å². The van der Waals surface area contributed by atoms with E-state index >= 15 is 0 Å². The Balaban J connectivity index is 1.82. The monoisotopic (exact) mass is 390 g/mol. The van der Waals surface area contributed by atoms with Gasteiger partial charge in [-0.3, -0.25) is 14.4 Å². The number of likely N-dealkylation sites (tertiary alicyclic amines) is 1. The number of amides is 2. The number of benzene rings is 1. The molecule has 0 spiro atoms. The summed E-state index contributed by atoms with van der Waals surface area (Å²) in [7, 11) is 0. The number of carbonyl (C=O) groups excluding carboxylic acids is 2. The predicted molar refractivity (Wildman–Crippen MR) is 105 cm³/mol. The molecule has 0 aromatic heterocycles. The zero-order valence-electron chi connectivity index (χ0n) is 16.8. The van der Waals surface area contributed by atoms with E-state index in [1.54, 1.807) is 24.0 Å². The molecule has 1 unspecified atom stereocenters. The molecule has 0 aliphatic carbocycles. The molecule has 2 rings (SSSR count). The van der Waals surface area contributed by atoms with Crippen LogP contribution in [0.15, 0.2) is 30.3 Å². The number of carboxylic acid groups (broad SMARTS) is 1. The van der Waals surface area contributed by atoms with E-state index in [1.807, 2.05) is 32.0 Å². The summed E-state index contributed by atoms with van der Waals surface area (Å²) in [5.74, 6) is -0.743. The minimum absolute atomic E-state index is 0.00986. The molecule has 7 heteroatoms. The topological polar surface area (TPSA) is 95.9 Å². The summed E-state index contributed by atoms with van der Waals surface area (Å²) in [6.07, 6.45) is 0.999. The molecule has 1 atom stereocenters. The maximum Gasteiger partial charge on any atom is 0.305 e. The van der Waals surface area contributed by atoms with Gasteiger partial charge in [-0.05, 0) is 37.8 Å². The van der Waals surface area contributed by atoms with Crippen LogP contribution < -0.4 is 10.1 Å². The van der Waals surface area contributed by atoms with Gasteiger partial charge in [-0.15, -0.1) is 0 Å². The molecule has 1 fully saturated rings. The SMILES string of the molecule is CC(C)C(C)(CC(=O)O)NC(=O)C1CCN(C(=O)COc2ccccc2)CC1. The Labute approximate surface area is 166 Å². The van der Waals surface area contributed by atoms with E-state index in [1.165, 1.54) is 0 Å². The summed E-state index contributed by atoms with van der Waals surface area (Å²) in [5.41, 5.74) is -0.792. The van der Waals surface area contributed by atoms with Crippen LogP contribution in [0.1, 0.15) is 40.0 Å². The number of carbonyl (C=O) groups is 3. The fourth-order valence-electron chi connectivity index (χ4n) is 3.23. The number of hydrogen-bond donors (Lipinski definition) is 2. The number of piperidine rings is 1. The lowest BCUT2D eigenvalue weighted by molar-refractivity contribution is -0.141. The van der Waals surface area contributed by atoms with E-state index in [-0.39, 0.29) is 36.7 Å². The second-order valence-electron chi connectivity index (χ2n) is 7.89. The number of hydrogen-bond acceptors (Lipinski definition) is 4. The first kappa shape index (κ1) is 21.7. The lowest BCUT2D eigenvalue weighted by Gasteiger charge is -2.37. The third-order valence-electron chi connectivity index (χ3n) is 5.53. The van der Waals surface area contributed by atoms with Gasteiger partial charge in [0.1, 0.15) is 5.75 Å².